The first kappa shape index (κ1) is 17.7. The van der Waals surface area contributed by atoms with E-state index in [-0.39, 0.29) is 11.9 Å². The molecule has 1 saturated carbocycles. The fourth-order valence-corrected chi connectivity index (χ4v) is 2.77. The quantitative estimate of drug-likeness (QED) is 0.705. The van der Waals surface area contributed by atoms with Crippen LogP contribution in [-0.4, -0.2) is 37.6 Å². The van der Waals surface area contributed by atoms with Gasteiger partial charge in [-0.25, -0.2) is 0 Å². The van der Waals surface area contributed by atoms with Crippen LogP contribution in [-0.2, 0) is 4.79 Å². The Morgan fingerprint density at radius 2 is 2.17 bits per heavy atom. The Morgan fingerprint density at radius 1 is 1.48 bits per heavy atom. The maximum atomic E-state index is 12.2. The van der Waals surface area contributed by atoms with Crippen LogP contribution >= 0.6 is 11.6 Å². The molecule has 0 spiro atoms. The van der Waals surface area contributed by atoms with Gasteiger partial charge in [-0.15, -0.1) is 0 Å². The first-order chi connectivity index (χ1) is 11.0. The third-order valence-corrected chi connectivity index (χ3v) is 4.50. The molecule has 5 heteroatoms. The molecular weight excluding hydrogens is 314 g/mol. The van der Waals surface area contributed by atoms with E-state index in [1.165, 1.54) is 12.8 Å². The van der Waals surface area contributed by atoms with Crippen LogP contribution in [0, 0.1) is 5.92 Å². The van der Waals surface area contributed by atoms with Gasteiger partial charge in [-0.3, -0.25) is 4.79 Å². The van der Waals surface area contributed by atoms with Crippen LogP contribution in [0.25, 0.3) is 6.08 Å². The maximum Gasteiger partial charge on any atom is 0.246 e. The maximum absolute atomic E-state index is 12.2. The average Bonchev–Trinajstić information content (AvgIpc) is 3.38. The minimum Gasteiger partial charge on any atom is -0.493 e. The molecule has 0 aliphatic heterocycles. The summed E-state index contributed by atoms with van der Waals surface area (Å²) in [5, 5.41) is 0.470. The van der Waals surface area contributed by atoms with Gasteiger partial charge in [0.2, 0.25) is 5.91 Å². The van der Waals surface area contributed by atoms with Gasteiger partial charge in [0.25, 0.3) is 0 Å². The molecule has 2 rings (SSSR count). The molecule has 0 heterocycles. The van der Waals surface area contributed by atoms with Gasteiger partial charge in [0.15, 0.2) is 11.5 Å². The first-order valence-corrected chi connectivity index (χ1v) is 8.30. The largest absolute Gasteiger partial charge is 0.493 e. The Labute approximate surface area is 143 Å². The van der Waals surface area contributed by atoms with Crippen LogP contribution in [0.4, 0.5) is 0 Å². The molecular formula is C18H24ClNO3. The van der Waals surface area contributed by atoms with Crippen molar-refractivity contribution in [3.63, 3.8) is 0 Å². The molecule has 0 radical (unpaired) electrons. The normalized spacial score (nSPS) is 15.5. The van der Waals surface area contributed by atoms with E-state index in [1.807, 2.05) is 20.0 Å². The lowest BCUT2D eigenvalue weighted by Crippen LogP contribution is -2.35. The highest BCUT2D eigenvalue weighted by molar-refractivity contribution is 6.32. The number of likely N-dealkylation sites (N-methyl/N-ethyl adjacent to an activating group) is 1. The fourth-order valence-electron chi connectivity index (χ4n) is 2.50. The molecule has 1 aromatic rings. The average molecular weight is 338 g/mol. The smallest absolute Gasteiger partial charge is 0.246 e. The lowest BCUT2D eigenvalue weighted by atomic mass is 10.1. The minimum absolute atomic E-state index is 0.00614. The number of nitrogens with zero attached hydrogens (tertiary/aromatic N) is 1. The van der Waals surface area contributed by atoms with Gasteiger partial charge < -0.3 is 14.4 Å². The van der Waals surface area contributed by atoms with Crippen LogP contribution in [0.1, 0.15) is 32.3 Å². The number of ether oxygens (including phenoxy) is 2. The summed E-state index contributed by atoms with van der Waals surface area (Å²) in [7, 11) is 3.42. The molecule has 1 amide bonds. The van der Waals surface area contributed by atoms with E-state index in [9.17, 15) is 4.79 Å². The standard InChI is InChI=1S/C18H24ClNO3/c1-5-23-18-15(19)10-13(11-16(18)22-4)6-9-17(21)20(3)12(2)14-7-8-14/h6,9-12,14H,5,7-8H2,1-4H3/b9-6+. The predicted octanol–water partition coefficient (Wildman–Crippen LogP) is 4.02. The van der Waals surface area contributed by atoms with E-state index in [2.05, 4.69) is 6.92 Å². The third-order valence-electron chi connectivity index (χ3n) is 4.22. The number of hydrogen-bond donors (Lipinski definition) is 0. The molecule has 1 aliphatic rings. The zero-order valence-electron chi connectivity index (χ0n) is 14.1. The van der Waals surface area contributed by atoms with E-state index >= 15 is 0 Å². The lowest BCUT2D eigenvalue weighted by molar-refractivity contribution is -0.126. The zero-order valence-corrected chi connectivity index (χ0v) is 14.9. The Bertz CT molecular complexity index is 596. The van der Waals surface area contributed by atoms with Gasteiger partial charge in [-0.05, 0) is 56.4 Å². The number of carbonyl (C=O) groups excluding carboxylic acids is 1. The molecule has 1 unspecified atom stereocenters. The topological polar surface area (TPSA) is 38.8 Å². The molecule has 1 aliphatic carbocycles. The van der Waals surface area contributed by atoms with Crippen LogP contribution in [0.5, 0.6) is 11.5 Å². The number of halogens is 1. The van der Waals surface area contributed by atoms with Crippen molar-refractivity contribution >= 4 is 23.6 Å². The van der Waals surface area contributed by atoms with Crippen LogP contribution in [0.3, 0.4) is 0 Å². The number of rotatable bonds is 7. The van der Waals surface area contributed by atoms with Crippen molar-refractivity contribution in [3.05, 3.63) is 28.8 Å². The number of methoxy groups -OCH3 is 1. The van der Waals surface area contributed by atoms with Crippen molar-refractivity contribution in [2.75, 3.05) is 20.8 Å². The number of amides is 1. The van der Waals surface area contributed by atoms with Crippen molar-refractivity contribution in [3.8, 4) is 11.5 Å². The second kappa shape index (κ2) is 7.73. The first-order valence-electron chi connectivity index (χ1n) is 7.93. The fraction of sp³-hybridized carbons (Fsp3) is 0.500. The monoisotopic (exact) mass is 337 g/mol. The summed E-state index contributed by atoms with van der Waals surface area (Å²) in [6.07, 6.45) is 5.76. The summed E-state index contributed by atoms with van der Waals surface area (Å²) in [5.74, 6) is 1.73. The van der Waals surface area contributed by atoms with Crippen molar-refractivity contribution < 1.29 is 14.3 Å². The van der Waals surface area contributed by atoms with Gasteiger partial charge in [-0.1, -0.05) is 11.6 Å². The predicted molar refractivity (Wildman–Crippen MR) is 93.2 cm³/mol. The van der Waals surface area contributed by atoms with Crippen molar-refractivity contribution in [2.24, 2.45) is 5.92 Å². The Kier molecular flexibility index (Phi) is 5.94. The molecule has 0 bridgehead atoms. The van der Waals surface area contributed by atoms with Crippen LogP contribution < -0.4 is 9.47 Å². The van der Waals surface area contributed by atoms with E-state index in [0.29, 0.717) is 29.0 Å². The highest BCUT2D eigenvalue weighted by Gasteiger charge is 2.31. The molecule has 126 valence electrons. The highest BCUT2D eigenvalue weighted by Crippen LogP contribution is 2.37. The lowest BCUT2D eigenvalue weighted by Gasteiger charge is -2.23. The molecule has 1 atom stereocenters. The molecule has 0 aromatic heterocycles. The molecule has 23 heavy (non-hydrogen) atoms. The van der Waals surface area contributed by atoms with Crippen LogP contribution in [0.15, 0.2) is 18.2 Å². The number of carbonyl (C=O) groups is 1. The molecule has 4 nitrogen and oxygen atoms in total. The summed E-state index contributed by atoms with van der Waals surface area (Å²) in [6, 6.07) is 3.86. The minimum atomic E-state index is -0.00614. The van der Waals surface area contributed by atoms with E-state index in [0.717, 1.165) is 5.56 Å². The summed E-state index contributed by atoms with van der Waals surface area (Å²) in [4.78, 5) is 14.0. The third kappa shape index (κ3) is 4.41. The van der Waals surface area contributed by atoms with Gasteiger partial charge >= 0.3 is 0 Å². The summed E-state index contributed by atoms with van der Waals surface area (Å²) < 4.78 is 10.8. The van der Waals surface area contributed by atoms with Gasteiger partial charge in [0.05, 0.1) is 18.7 Å². The number of hydrogen-bond acceptors (Lipinski definition) is 3. The van der Waals surface area contributed by atoms with Crippen molar-refractivity contribution in [1.82, 2.24) is 4.90 Å². The van der Waals surface area contributed by atoms with Gasteiger partial charge in [0.1, 0.15) is 0 Å². The van der Waals surface area contributed by atoms with Crippen LogP contribution in [0.2, 0.25) is 5.02 Å². The van der Waals surface area contributed by atoms with E-state index in [1.54, 1.807) is 30.2 Å². The van der Waals surface area contributed by atoms with E-state index < -0.39 is 0 Å². The Balaban J connectivity index is 2.12. The summed E-state index contributed by atoms with van der Waals surface area (Å²) in [5.41, 5.74) is 0.802. The van der Waals surface area contributed by atoms with Gasteiger partial charge in [0, 0.05) is 19.2 Å². The second-order valence-electron chi connectivity index (χ2n) is 5.83. The summed E-state index contributed by atoms with van der Waals surface area (Å²) in [6.45, 7) is 4.49. The number of benzene rings is 1. The molecule has 1 fully saturated rings. The van der Waals surface area contributed by atoms with Crippen molar-refractivity contribution in [1.29, 1.82) is 0 Å². The molecule has 1 aromatic carbocycles. The molecule has 0 N–H and O–H groups in total. The van der Waals surface area contributed by atoms with Gasteiger partial charge in [-0.2, -0.15) is 0 Å². The molecule has 0 saturated heterocycles. The zero-order chi connectivity index (χ0) is 17.0. The van der Waals surface area contributed by atoms with Crippen molar-refractivity contribution in [2.45, 2.75) is 32.7 Å². The summed E-state index contributed by atoms with van der Waals surface area (Å²) >= 11 is 6.24. The Morgan fingerprint density at radius 3 is 2.74 bits per heavy atom. The second-order valence-corrected chi connectivity index (χ2v) is 6.23. The highest BCUT2D eigenvalue weighted by atomic mass is 35.5. The van der Waals surface area contributed by atoms with E-state index in [4.69, 9.17) is 21.1 Å². The SMILES string of the molecule is CCOc1c(Cl)cc(/C=C/C(=O)N(C)C(C)C2CC2)cc1OC. The Hall–Kier alpha value is -1.68.